The van der Waals surface area contributed by atoms with Gasteiger partial charge in [-0.2, -0.15) is 0 Å². The topological polar surface area (TPSA) is 27.1 Å². The lowest BCUT2D eigenvalue weighted by molar-refractivity contribution is 0.336. The normalized spacial score (nSPS) is 16.7. The predicted octanol–water partition coefficient (Wildman–Crippen LogP) is 2.49. The zero-order valence-corrected chi connectivity index (χ0v) is 8.43. The number of nitrogens with zero attached hydrogens (tertiary/aromatic N) is 1. The molecule has 0 heterocycles. The maximum absolute atomic E-state index is 7.87. The van der Waals surface area contributed by atoms with Gasteiger partial charge in [-0.05, 0) is 25.7 Å². The summed E-state index contributed by atoms with van der Waals surface area (Å²) in [6.07, 6.45) is 4.79. The first-order valence-electron chi connectivity index (χ1n) is 5.01. The Kier molecular flexibility index (Phi) is 3.12. The zero-order valence-electron chi connectivity index (χ0n) is 8.43. The maximum Gasteiger partial charge on any atom is 0.0989 e. The molecule has 0 amide bonds. The van der Waals surface area contributed by atoms with Crippen molar-refractivity contribution in [2.45, 2.75) is 45.6 Å². The molecule has 0 radical (unpaired) electrons. The first kappa shape index (κ1) is 9.56. The van der Waals surface area contributed by atoms with E-state index in [1.807, 2.05) is 0 Å². The van der Waals surface area contributed by atoms with Gasteiger partial charge in [0.25, 0.3) is 0 Å². The van der Waals surface area contributed by atoms with Gasteiger partial charge in [-0.25, -0.2) is 0 Å². The lowest BCUT2D eigenvalue weighted by atomic mass is 10.1. The first-order chi connectivity index (χ1) is 5.70. The number of hydrogen-bond donors (Lipinski definition) is 1. The molecule has 0 aliphatic heterocycles. The van der Waals surface area contributed by atoms with Gasteiger partial charge in [0.2, 0.25) is 0 Å². The molecule has 0 spiro atoms. The van der Waals surface area contributed by atoms with Crippen LogP contribution in [-0.2, 0) is 0 Å². The molecule has 0 saturated heterocycles. The van der Waals surface area contributed by atoms with Crippen LogP contribution in [0.2, 0.25) is 0 Å². The van der Waals surface area contributed by atoms with Crippen LogP contribution in [0.15, 0.2) is 0 Å². The van der Waals surface area contributed by atoms with Crippen molar-refractivity contribution >= 4 is 5.84 Å². The van der Waals surface area contributed by atoms with E-state index in [-0.39, 0.29) is 0 Å². The van der Waals surface area contributed by atoms with E-state index in [2.05, 4.69) is 25.8 Å². The van der Waals surface area contributed by atoms with Crippen LogP contribution in [0.3, 0.4) is 0 Å². The standard InChI is InChI=1S/C10H20N2/c1-4-9(5-2)12(3)10(11)8-6-7-8/h8-9,11H,4-7H2,1-3H3. The third-order valence-electron chi connectivity index (χ3n) is 2.83. The summed E-state index contributed by atoms with van der Waals surface area (Å²) in [6, 6.07) is 0.582. The molecule has 1 aliphatic carbocycles. The van der Waals surface area contributed by atoms with E-state index in [9.17, 15) is 0 Å². The second-order valence-electron chi connectivity index (χ2n) is 3.74. The van der Waals surface area contributed by atoms with E-state index < -0.39 is 0 Å². The van der Waals surface area contributed by atoms with Crippen molar-refractivity contribution in [3.8, 4) is 0 Å². The molecular formula is C10H20N2. The molecule has 1 fully saturated rings. The summed E-state index contributed by atoms with van der Waals surface area (Å²) in [5, 5.41) is 7.87. The summed E-state index contributed by atoms with van der Waals surface area (Å²) >= 11 is 0. The highest BCUT2D eigenvalue weighted by Gasteiger charge is 2.30. The summed E-state index contributed by atoms with van der Waals surface area (Å²) in [5.41, 5.74) is 0. The van der Waals surface area contributed by atoms with E-state index in [0.29, 0.717) is 12.0 Å². The lowest BCUT2D eigenvalue weighted by Crippen LogP contribution is -2.36. The average molecular weight is 168 g/mol. The van der Waals surface area contributed by atoms with Gasteiger partial charge in [0.1, 0.15) is 0 Å². The van der Waals surface area contributed by atoms with Crippen LogP contribution in [0.5, 0.6) is 0 Å². The Morgan fingerprint density at radius 1 is 1.42 bits per heavy atom. The highest BCUT2D eigenvalue weighted by Crippen LogP contribution is 2.31. The Balaban J connectivity index is 2.42. The third-order valence-corrected chi connectivity index (χ3v) is 2.83. The Labute approximate surface area is 75.5 Å². The Morgan fingerprint density at radius 3 is 2.25 bits per heavy atom. The molecular weight excluding hydrogens is 148 g/mol. The molecule has 1 aliphatic rings. The predicted molar refractivity (Wildman–Crippen MR) is 52.6 cm³/mol. The van der Waals surface area contributed by atoms with Gasteiger partial charge in [-0.1, -0.05) is 13.8 Å². The number of amidine groups is 1. The highest BCUT2D eigenvalue weighted by atomic mass is 15.2. The van der Waals surface area contributed by atoms with Gasteiger partial charge in [0, 0.05) is 19.0 Å². The molecule has 0 aromatic rings. The summed E-state index contributed by atoms with van der Waals surface area (Å²) in [6.45, 7) is 4.40. The SMILES string of the molecule is CCC(CC)N(C)C(=N)C1CC1. The fourth-order valence-electron chi connectivity index (χ4n) is 1.68. The largest absolute Gasteiger partial charge is 0.360 e. The molecule has 1 saturated carbocycles. The van der Waals surface area contributed by atoms with E-state index in [1.165, 1.54) is 12.8 Å². The molecule has 0 aromatic heterocycles. The van der Waals surface area contributed by atoms with Crippen LogP contribution in [0.4, 0.5) is 0 Å². The fraction of sp³-hybridized carbons (Fsp3) is 0.900. The van der Waals surface area contributed by atoms with Gasteiger partial charge in [-0.15, -0.1) is 0 Å². The smallest absolute Gasteiger partial charge is 0.0989 e. The molecule has 0 unspecified atom stereocenters. The van der Waals surface area contributed by atoms with Gasteiger partial charge in [-0.3, -0.25) is 5.41 Å². The van der Waals surface area contributed by atoms with Crippen molar-refractivity contribution in [1.82, 2.24) is 4.90 Å². The highest BCUT2D eigenvalue weighted by molar-refractivity contribution is 5.83. The molecule has 70 valence electrons. The van der Waals surface area contributed by atoms with Crippen molar-refractivity contribution in [1.29, 1.82) is 5.41 Å². The van der Waals surface area contributed by atoms with Crippen molar-refractivity contribution in [3.05, 3.63) is 0 Å². The third kappa shape index (κ3) is 1.99. The van der Waals surface area contributed by atoms with E-state index in [0.717, 1.165) is 18.7 Å². The number of hydrogen-bond acceptors (Lipinski definition) is 1. The molecule has 2 nitrogen and oxygen atoms in total. The van der Waals surface area contributed by atoms with Crippen LogP contribution in [0.25, 0.3) is 0 Å². The second kappa shape index (κ2) is 3.92. The second-order valence-corrected chi connectivity index (χ2v) is 3.74. The monoisotopic (exact) mass is 168 g/mol. The molecule has 0 aromatic carbocycles. The fourth-order valence-corrected chi connectivity index (χ4v) is 1.68. The maximum atomic E-state index is 7.87. The molecule has 12 heavy (non-hydrogen) atoms. The van der Waals surface area contributed by atoms with E-state index in [4.69, 9.17) is 5.41 Å². The number of rotatable bonds is 4. The van der Waals surface area contributed by atoms with Crippen LogP contribution >= 0.6 is 0 Å². The van der Waals surface area contributed by atoms with Crippen LogP contribution in [0, 0.1) is 11.3 Å². The van der Waals surface area contributed by atoms with E-state index in [1.54, 1.807) is 0 Å². The Bertz CT molecular complexity index is 157. The Morgan fingerprint density at radius 2 is 1.92 bits per heavy atom. The van der Waals surface area contributed by atoms with Crippen molar-refractivity contribution < 1.29 is 0 Å². The lowest BCUT2D eigenvalue weighted by Gasteiger charge is -2.28. The summed E-state index contributed by atoms with van der Waals surface area (Å²) < 4.78 is 0. The molecule has 2 heteroatoms. The van der Waals surface area contributed by atoms with Crippen molar-refractivity contribution in [3.63, 3.8) is 0 Å². The average Bonchev–Trinajstić information content (AvgIpc) is 2.87. The molecule has 1 N–H and O–H groups in total. The minimum absolute atomic E-state index is 0.582. The first-order valence-corrected chi connectivity index (χ1v) is 5.01. The van der Waals surface area contributed by atoms with Crippen molar-refractivity contribution in [2.75, 3.05) is 7.05 Å². The summed E-state index contributed by atoms with van der Waals surface area (Å²) in [7, 11) is 2.07. The number of nitrogens with one attached hydrogen (secondary N) is 1. The molecule has 0 atom stereocenters. The van der Waals surface area contributed by atoms with Gasteiger partial charge < -0.3 is 4.90 Å². The van der Waals surface area contributed by atoms with Gasteiger partial charge in [0.15, 0.2) is 0 Å². The van der Waals surface area contributed by atoms with Crippen LogP contribution in [-0.4, -0.2) is 23.8 Å². The van der Waals surface area contributed by atoms with Gasteiger partial charge in [0.05, 0.1) is 5.84 Å². The van der Waals surface area contributed by atoms with Gasteiger partial charge >= 0.3 is 0 Å². The quantitative estimate of drug-likeness (QED) is 0.507. The summed E-state index contributed by atoms with van der Waals surface area (Å²) in [5.74, 6) is 1.46. The minimum Gasteiger partial charge on any atom is -0.360 e. The van der Waals surface area contributed by atoms with Crippen LogP contribution in [0.1, 0.15) is 39.5 Å². The van der Waals surface area contributed by atoms with Crippen LogP contribution < -0.4 is 0 Å². The van der Waals surface area contributed by atoms with E-state index >= 15 is 0 Å². The molecule has 0 bridgehead atoms. The molecule has 1 rings (SSSR count). The zero-order chi connectivity index (χ0) is 9.14. The summed E-state index contributed by atoms with van der Waals surface area (Å²) in [4.78, 5) is 2.16. The van der Waals surface area contributed by atoms with Crippen molar-refractivity contribution in [2.24, 2.45) is 5.92 Å². The minimum atomic E-state index is 0.582. The Hall–Kier alpha value is -0.530.